The molecule has 53 heavy (non-hydrogen) atoms. The molecule has 11 unspecified atom stereocenters. The fourth-order valence-electron chi connectivity index (χ4n) is 5.36. The van der Waals surface area contributed by atoms with Gasteiger partial charge >= 0.3 is 11.9 Å². The summed E-state index contributed by atoms with van der Waals surface area (Å²) in [6.45, 7) is 2.09. The van der Waals surface area contributed by atoms with Crippen LogP contribution in [0.5, 0.6) is 0 Å². The highest BCUT2D eigenvalue weighted by atomic mass is 16.7. The standard InChI is InChI=1S/C38H62O15/c1-3-5-7-8-9-10-11-12-13-14-15-16-17-18-19-21-30(41)51-26(23-48-29(40)20-6-4-2)24-49-37-36(47)34(45)32(43)28(53-37)25-50-38-35(46)33(44)31(42)27(22-39)52-38/h5,7,9-10,12-13,15-16,26-28,31-39,42-47H,3-4,6,8,11,14,17-25H2,1-2H3/b7-5-,10-9-,13-12-,16-15-. The topological polar surface area (TPSA) is 231 Å². The Hall–Kier alpha value is -2.54. The van der Waals surface area contributed by atoms with Crippen LogP contribution in [0.2, 0.25) is 0 Å². The Morgan fingerprint density at radius 2 is 1.17 bits per heavy atom. The maximum absolute atomic E-state index is 12.7. The third-order valence-corrected chi connectivity index (χ3v) is 8.57. The van der Waals surface area contributed by atoms with Gasteiger partial charge in [-0.25, -0.2) is 0 Å². The van der Waals surface area contributed by atoms with Gasteiger partial charge in [0.25, 0.3) is 0 Å². The van der Waals surface area contributed by atoms with E-state index in [1.54, 1.807) is 0 Å². The lowest BCUT2D eigenvalue weighted by Crippen LogP contribution is -2.61. The fourth-order valence-corrected chi connectivity index (χ4v) is 5.36. The number of aliphatic hydroxyl groups excluding tert-OH is 7. The summed E-state index contributed by atoms with van der Waals surface area (Å²) in [7, 11) is 0. The van der Waals surface area contributed by atoms with Gasteiger partial charge < -0.3 is 64.2 Å². The predicted octanol–water partition coefficient (Wildman–Crippen LogP) is 1.64. The molecule has 2 aliphatic rings. The Morgan fingerprint density at radius 1 is 0.623 bits per heavy atom. The molecule has 0 bridgehead atoms. The highest BCUT2D eigenvalue weighted by Gasteiger charge is 2.47. The Morgan fingerprint density at radius 3 is 1.77 bits per heavy atom. The third-order valence-electron chi connectivity index (χ3n) is 8.57. The van der Waals surface area contributed by atoms with E-state index >= 15 is 0 Å². The second-order valence-electron chi connectivity index (χ2n) is 13.0. The van der Waals surface area contributed by atoms with Crippen LogP contribution in [-0.2, 0) is 38.0 Å². The molecule has 2 rings (SSSR count). The Kier molecular flexibility index (Phi) is 23.8. The van der Waals surface area contributed by atoms with Crippen molar-refractivity contribution in [2.45, 2.75) is 152 Å². The van der Waals surface area contributed by atoms with Gasteiger partial charge in [0.2, 0.25) is 0 Å². The maximum atomic E-state index is 12.7. The third kappa shape index (κ3) is 17.6. The average molecular weight is 759 g/mol. The van der Waals surface area contributed by atoms with E-state index in [4.69, 9.17) is 28.4 Å². The number of hydrogen-bond donors (Lipinski definition) is 7. The van der Waals surface area contributed by atoms with E-state index < -0.39 is 99.3 Å². The molecule has 0 aliphatic carbocycles. The molecule has 304 valence electrons. The van der Waals surface area contributed by atoms with Crippen molar-refractivity contribution in [3.8, 4) is 0 Å². The molecule has 15 heteroatoms. The molecule has 2 fully saturated rings. The van der Waals surface area contributed by atoms with Gasteiger partial charge in [0.05, 0.1) is 19.8 Å². The number of unbranched alkanes of at least 4 members (excludes halogenated alkanes) is 3. The van der Waals surface area contributed by atoms with Crippen molar-refractivity contribution in [3.63, 3.8) is 0 Å². The number of hydrogen-bond acceptors (Lipinski definition) is 15. The summed E-state index contributed by atoms with van der Waals surface area (Å²) in [5, 5.41) is 71.2. The summed E-state index contributed by atoms with van der Waals surface area (Å²) >= 11 is 0. The first-order chi connectivity index (χ1) is 25.5. The zero-order valence-electron chi connectivity index (χ0n) is 31.0. The smallest absolute Gasteiger partial charge is 0.306 e. The number of ether oxygens (including phenoxy) is 6. The second-order valence-corrected chi connectivity index (χ2v) is 13.0. The number of carbonyl (C=O) groups excluding carboxylic acids is 2. The van der Waals surface area contributed by atoms with Crippen LogP contribution in [0.25, 0.3) is 0 Å². The van der Waals surface area contributed by atoms with Crippen molar-refractivity contribution in [2.75, 3.05) is 26.4 Å². The van der Waals surface area contributed by atoms with Crippen molar-refractivity contribution in [1.82, 2.24) is 0 Å². The minimum absolute atomic E-state index is 0.110. The highest BCUT2D eigenvalue weighted by molar-refractivity contribution is 5.70. The van der Waals surface area contributed by atoms with Crippen LogP contribution >= 0.6 is 0 Å². The molecule has 0 saturated carbocycles. The van der Waals surface area contributed by atoms with Gasteiger partial charge in [-0.1, -0.05) is 68.9 Å². The van der Waals surface area contributed by atoms with E-state index in [9.17, 15) is 45.3 Å². The molecule has 2 heterocycles. The number of allylic oxidation sites excluding steroid dienone is 8. The van der Waals surface area contributed by atoms with Crippen LogP contribution in [0.4, 0.5) is 0 Å². The predicted molar refractivity (Wildman–Crippen MR) is 192 cm³/mol. The minimum Gasteiger partial charge on any atom is -0.462 e. The molecule has 0 radical (unpaired) electrons. The molecule has 0 aromatic rings. The van der Waals surface area contributed by atoms with E-state index in [0.717, 1.165) is 44.9 Å². The van der Waals surface area contributed by atoms with Crippen molar-refractivity contribution in [1.29, 1.82) is 0 Å². The Balaban J connectivity index is 1.86. The zero-order chi connectivity index (χ0) is 39.0. The summed E-state index contributed by atoms with van der Waals surface area (Å²) in [5.74, 6) is -1.02. The van der Waals surface area contributed by atoms with Crippen LogP contribution in [0.3, 0.4) is 0 Å². The van der Waals surface area contributed by atoms with Gasteiger partial charge in [0, 0.05) is 12.8 Å². The normalized spacial score (nSPS) is 30.1. The van der Waals surface area contributed by atoms with Crippen LogP contribution < -0.4 is 0 Å². The largest absolute Gasteiger partial charge is 0.462 e. The van der Waals surface area contributed by atoms with E-state index in [2.05, 4.69) is 55.5 Å². The lowest BCUT2D eigenvalue weighted by molar-refractivity contribution is -0.332. The summed E-state index contributed by atoms with van der Waals surface area (Å²) < 4.78 is 32.9. The SMILES string of the molecule is CC/C=C\C/C=C\C/C=C\C/C=C\CCCCC(=O)OC(COC(=O)CCCC)COC1OC(COC2OC(CO)C(O)C(O)C2O)C(O)C(O)C1O. The van der Waals surface area contributed by atoms with E-state index in [0.29, 0.717) is 12.8 Å². The second kappa shape index (κ2) is 27.1. The average Bonchev–Trinajstić information content (AvgIpc) is 3.15. The van der Waals surface area contributed by atoms with Crippen LogP contribution in [0, 0.1) is 0 Å². The summed E-state index contributed by atoms with van der Waals surface area (Å²) in [4.78, 5) is 24.9. The maximum Gasteiger partial charge on any atom is 0.306 e. The van der Waals surface area contributed by atoms with Crippen molar-refractivity contribution in [2.24, 2.45) is 0 Å². The fraction of sp³-hybridized carbons (Fsp3) is 0.737. The van der Waals surface area contributed by atoms with Crippen LogP contribution in [0.15, 0.2) is 48.6 Å². The zero-order valence-corrected chi connectivity index (χ0v) is 31.0. The monoisotopic (exact) mass is 758 g/mol. The lowest BCUT2D eigenvalue weighted by atomic mass is 9.98. The first-order valence-electron chi connectivity index (χ1n) is 18.7. The molecular formula is C38H62O15. The van der Waals surface area contributed by atoms with Gasteiger partial charge in [-0.15, -0.1) is 0 Å². The van der Waals surface area contributed by atoms with Crippen molar-refractivity contribution < 1.29 is 73.8 Å². The number of carbonyl (C=O) groups is 2. The Bertz CT molecular complexity index is 1120. The van der Waals surface area contributed by atoms with Gasteiger partial charge in [-0.2, -0.15) is 0 Å². The van der Waals surface area contributed by atoms with Crippen molar-refractivity contribution >= 4 is 11.9 Å². The molecule has 0 amide bonds. The molecule has 7 N–H and O–H groups in total. The summed E-state index contributed by atoms with van der Waals surface area (Å²) in [6, 6.07) is 0. The van der Waals surface area contributed by atoms with E-state index in [-0.39, 0.29) is 19.4 Å². The first-order valence-corrected chi connectivity index (χ1v) is 18.7. The minimum atomic E-state index is -1.77. The van der Waals surface area contributed by atoms with Crippen LogP contribution in [-0.4, -0.2) is 142 Å². The van der Waals surface area contributed by atoms with Gasteiger partial charge in [0.1, 0.15) is 55.4 Å². The van der Waals surface area contributed by atoms with Crippen LogP contribution in [0.1, 0.15) is 84.5 Å². The highest BCUT2D eigenvalue weighted by Crippen LogP contribution is 2.26. The van der Waals surface area contributed by atoms with E-state index in [1.807, 2.05) is 6.92 Å². The number of esters is 2. The molecule has 0 aromatic carbocycles. The quantitative estimate of drug-likeness (QED) is 0.0399. The molecule has 2 aliphatic heterocycles. The number of aliphatic hydroxyl groups is 7. The summed E-state index contributed by atoms with van der Waals surface area (Å²) in [5.41, 5.74) is 0. The van der Waals surface area contributed by atoms with Gasteiger partial charge in [-0.3, -0.25) is 9.59 Å². The molecule has 11 atom stereocenters. The van der Waals surface area contributed by atoms with Gasteiger partial charge in [0.15, 0.2) is 18.7 Å². The first kappa shape index (κ1) is 46.6. The molecule has 0 aromatic heterocycles. The lowest BCUT2D eigenvalue weighted by Gasteiger charge is -2.42. The van der Waals surface area contributed by atoms with Crippen molar-refractivity contribution in [3.05, 3.63) is 48.6 Å². The number of rotatable bonds is 25. The molecule has 15 nitrogen and oxygen atoms in total. The van der Waals surface area contributed by atoms with Gasteiger partial charge in [-0.05, 0) is 51.4 Å². The van der Waals surface area contributed by atoms with E-state index in [1.165, 1.54) is 0 Å². The summed E-state index contributed by atoms with van der Waals surface area (Å²) in [6.07, 6.45) is 7.50. The Labute approximate surface area is 312 Å². The molecule has 2 saturated heterocycles. The molecular weight excluding hydrogens is 696 g/mol. The molecule has 0 spiro atoms.